The summed E-state index contributed by atoms with van der Waals surface area (Å²) >= 11 is 0. The third-order valence-corrected chi connectivity index (χ3v) is 3.07. The molecule has 2 amide bonds. The molecule has 0 unspecified atom stereocenters. The molecule has 1 aliphatic rings. The van der Waals surface area contributed by atoms with Gasteiger partial charge in [0.1, 0.15) is 5.75 Å². The maximum absolute atomic E-state index is 12.3. The molecule has 0 saturated carbocycles. The number of rotatable bonds is 4. The summed E-state index contributed by atoms with van der Waals surface area (Å²) in [5.41, 5.74) is 0.561. The first kappa shape index (κ1) is 14.1. The van der Waals surface area contributed by atoms with Gasteiger partial charge >= 0.3 is 0 Å². The minimum atomic E-state index is -0.630. The van der Waals surface area contributed by atoms with Crippen LogP contribution in [0.2, 0.25) is 0 Å². The Labute approximate surface area is 117 Å². The average Bonchev–Trinajstić information content (AvgIpc) is 2.63. The van der Waals surface area contributed by atoms with Gasteiger partial charge in [-0.1, -0.05) is 26.0 Å². The Morgan fingerprint density at radius 1 is 1.15 bits per heavy atom. The van der Waals surface area contributed by atoms with Crippen molar-refractivity contribution in [2.75, 3.05) is 13.7 Å². The molecule has 0 atom stereocenters. The van der Waals surface area contributed by atoms with E-state index < -0.39 is 17.6 Å². The van der Waals surface area contributed by atoms with Gasteiger partial charge < -0.3 is 9.84 Å². The quantitative estimate of drug-likeness (QED) is 0.853. The summed E-state index contributed by atoms with van der Waals surface area (Å²) in [6.45, 7) is 4.10. The summed E-state index contributed by atoms with van der Waals surface area (Å²) < 4.78 is 5.04. The van der Waals surface area contributed by atoms with Gasteiger partial charge in [0, 0.05) is 6.54 Å². The monoisotopic (exact) mass is 275 g/mol. The van der Waals surface area contributed by atoms with Crippen LogP contribution in [0.25, 0.3) is 5.57 Å². The van der Waals surface area contributed by atoms with Gasteiger partial charge in [-0.15, -0.1) is 0 Å². The standard InChI is InChI=1S/C15H17NO4/c1-9(2)8-16-14(18)12(13(17)15(16)19)10-4-6-11(20-3)7-5-10/h4-7,9,17H,8H2,1-3H3. The maximum atomic E-state index is 12.3. The van der Waals surface area contributed by atoms with E-state index in [4.69, 9.17) is 4.74 Å². The number of amides is 2. The van der Waals surface area contributed by atoms with Crippen molar-refractivity contribution >= 4 is 17.4 Å². The number of methoxy groups -OCH3 is 1. The molecular weight excluding hydrogens is 258 g/mol. The fourth-order valence-electron chi connectivity index (χ4n) is 2.11. The molecule has 1 heterocycles. The summed E-state index contributed by atoms with van der Waals surface area (Å²) in [6, 6.07) is 6.65. The number of nitrogens with zero attached hydrogens (tertiary/aromatic N) is 1. The lowest BCUT2D eigenvalue weighted by Gasteiger charge is -2.16. The lowest BCUT2D eigenvalue weighted by Crippen LogP contribution is -2.34. The normalized spacial score (nSPS) is 15.5. The SMILES string of the molecule is COc1ccc(C2=C(O)C(=O)N(CC(C)C)C2=O)cc1. The molecule has 1 aliphatic heterocycles. The van der Waals surface area contributed by atoms with Crippen molar-refractivity contribution in [3.63, 3.8) is 0 Å². The summed E-state index contributed by atoms with van der Waals surface area (Å²) in [7, 11) is 1.54. The Kier molecular flexibility index (Phi) is 3.79. The van der Waals surface area contributed by atoms with Crippen LogP contribution in [0, 0.1) is 5.92 Å². The molecule has 5 nitrogen and oxygen atoms in total. The lowest BCUT2D eigenvalue weighted by molar-refractivity contribution is -0.138. The fourth-order valence-corrected chi connectivity index (χ4v) is 2.11. The van der Waals surface area contributed by atoms with Crippen molar-refractivity contribution in [3.05, 3.63) is 35.6 Å². The van der Waals surface area contributed by atoms with E-state index in [1.54, 1.807) is 31.4 Å². The van der Waals surface area contributed by atoms with E-state index in [-0.39, 0.29) is 11.5 Å². The van der Waals surface area contributed by atoms with Crippen LogP contribution in [0.3, 0.4) is 0 Å². The van der Waals surface area contributed by atoms with Crippen molar-refractivity contribution < 1.29 is 19.4 Å². The Bertz CT molecular complexity index is 572. The number of hydrogen-bond donors (Lipinski definition) is 1. The van der Waals surface area contributed by atoms with E-state index in [9.17, 15) is 14.7 Å². The number of imide groups is 1. The zero-order valence-electron chi connectivity index (χ0n) is 11.7. The van der Waals surface area contributed by atoms with E-state index in [0.29, 0.717) is 17.9 Å². The highest BCUT2D eigenvalue weighted by Crippen LogP contribution is 2.29. The predicted molar refractivity (Wildman–Crippen MR) is 74.1 cm³/mol. The number of aliphatic hydroxyl groups excluding tert-OH is 1. The third-order valence-electron chi connectivity index (χ3n) is 3.07. The Morgan fingerprint density at radius 2 is 1.75 bits per heavy atom. The van der Waals surface area contributed by atoms with Crippen LogP contribution in [0.1, 0.15) is 19.4 Å². The molecule has 1 N–H and O–H groups in total. The maximum Gasteiger partial charge on any atom is 0.296 e. The number of carbonyl (C=O) groups excluding carboxylic acids is 2. The van der Waals surface area contributed by atoms with Crippen molar-refractivity contribution in [2.24, 2.45) is 5.92 Å². The molecular formula is C15H17NO4. The molecule has 5 heteroatoms. The first-order valence-corrected chi connectivity index (χ1v) is 6.39. The molecule has 106 valence electrons. The lowest BCUT2D eigenvalue weighted by atomic mass is 10.1. The van der Waals surface area contributed by atoms with Crippen LogP contribution >= 0.6 is 0 Å². The van der Waals surface area contributed by atoms with Crippen molar-refractivity contribution in [1.29, 1.82) is 0 Å². The van der Waals surface area contributed by atoms with Gasteiger partial charge in [0.25, 0.3) is 11.8 Å². The number of hydrogen-bond acceptors (Lipinski definition) is 4. The average molecular weight is 275 g/mol. The zero-order valence-corrected chi connectivity index (χ0v) is 11.7. The molecule has 0 aromatic heterocycles. The second-order valence-electron chi connectivity index (χ2n) is 5.07. The molecule has 0 fully saturated rings. The number of benzene rings is 1. The highest BCUT2D eigenvalue weighted by molar-refractivity contribution is 6.34. The Balaban J connectivity index is 2.35. The van der Waals surface area contributed by atoms with Gasteiger partial charge in [-0.25, -0.2) is 0 Å². The first-order valence-electron chi connectivity index (χ1n) is 6.39. The zero-order chi connectivity index (χ0) is 14.9. The van der Waals surface area contributed by atoms with E-state index in [1.807, 2.05) is 13.8 Å². The van der Waals surface area contributed by atoms with E-state index >= 15 is 0 Å². The van der Waals surface area contributed by atoms with Gasteiger partial charge in [0.15, 0.2) is 5.76 Å². The van der Waals surface area contributed by atoms with E-state index in [2.05, 4.69) is 0 Å². The van der Waals surface area contributed by atoms with Gasteiger partial charge in [-0.2, -0.15) is 0 Å². The number of aliphatic hydroxyl groups is 1. The first-order chi connectivity index (χ1) is 9.45. The summed E-state index contributed by atoms with van der Waals surface area (Å²) in [5, 5.41) is 9.93. The second-order valence-corrected chi connectivity index (χ2v) is 5.07. The number of carbonyl (C=O) groups is 2. The van der Waals surface area contributed by atoms with Crippen LogP contribution in [-0.4, -0.2) is 35.5 Å². The second kappa shape index (κ2) is 5.36. The topological polar surface area (TPSA) is 66.8 Å². The molecule has 0 aliphatic carbocycles. The van der Waals surface area contributed by atoms with Crippen molar-refractivity contribution in [3.8, 4) is 5.75 Å². The molecule has 0 radical (unpaired) electrons. The van der Waals surface area contributed by atoms with Gasteiger partial charge in [-0.3, -0.25) is 14.5 Å². The van der Waals surface area contributed by atoms with Gasteiger partial charge in [0.2, 0.25) is 0 Å². The summed E-state index contributed by atoms with van der Waals surface area (Å²) in [4.78, 5) is 25.3. The minimum Gasteiger partial charge on any atom is -0.502 e. The molecule has 1 aromatic carbocycles. The Morgan fingerprint density at radius 3 is 2.25 bits per heavy atom. The van der Waals surface area contributed by atoms with Crippen molar-refractivity contribution in [2.45, 2.75) is 13.8 Å². The van der Waals surface area contributed by atoms with Crippen LogP contribution in [0.5, 0.6) is 5.75 Å². The molecule has 2 rings (SSSR count). The third kappa shape index (κ3) is 2.39. The fraction of sp³-hybridized carbons (Fsp3) is 0.333. The van der Waals surface area contributed by atoms with Crippen molar-refractivity contribution in [1.82, 2.24) is 4.90 Å². The summed E-state index contributed by atoms with van der Waals surface area (Å²) in [6.07, 6.45) is 0. The molecule has 0 spiro atoms. The highest BCUT2D eigenvalue weighted by Gasteiger charge is 2.39. The van der Waals surface area contributed by atoms with Gasteiger partial charge in [-0.05, 0) is 23.6 Å². The predicted octanol–water partition coefficient (Wildman–Crippen LogP) is 1.99. The largest absolute Gasteiger partial charge is 0.502 e. The van der Waals surface area contributed by atoms with Crippen LogP contribution in [0.4, 0.5) is 0 Å². The molecule has 20 heavy (non-hydrogen) atoms. The summed E-state index contributed by atoms with van der Waals surface area (Å²) in [5.74, 6) is -0.780. The van der Waals surface area contributed by atoms with E-state index in [1.165, 1.54) is 0 Å². The molecule has 1 aromatic rings. The van der Waals surface area contributed by atoms with Crippen LogP contribution < -0.4 is 4.74 Å². The van der Waals surface area contributed by atoms with Crippen LogP contribution in [-0.2, 0) is 9.59 Å². The highest BCUT2D eigenvalue weighted by atomic mass is 16.5. The smallest absolute Gasteiger partial charge is 0.296 e. The Hall–Kier alpha value is -2.30. The number of ether oxygens (including phenoxy) is 1. The molecule has 0 saturated heterocycles. The van der Waals surface area contributed by atoms with Crippen LogP contribution in [0.15, 0.2) is 30.0 Å². The molecule has 0 bridgehead atoms. The van der Waals surface area contributed by atoms with E-state index in [0.717, 1.165) is 4.90 Å². The minimum absolute atomic E-state index is 0.0540. The van der Waals surface area contributed by atoms with Gasteiger partial charge in [0.05, 0.1) is 12.7 Å².